The molecule has 0 saturated carbocycles. The first-order valence-electron chi connectivity index (χ1n) is 4.60. The molecule has 0 rings (SSSR count). The molecule has 3 nitrogen and oxygen atoms in total. The Bertz CT molecular complexity index is 171. The van der Waals surface area contributed by atoms with Crippen LogP contribution in [0.1, 0.15) is 33.6 Å². The van der Waals surface area contributed by atoms with Gasteiger partial charge in [0.1, 0.15) is 0 Å². The van der Waals surface area contributed by atoms with Gasteiger partial charge in [-0.15, -0.1) is 0 Å². The first-order valence-corrected chi connectivity index (χ1v) is 5.65. The van der Waals surface area contributed by atoms with E-state index in [-0.39, 0.29) is 0 Å². The second kappa shape index (κ2) is 5.50. The lowest BCUT2D eigenvalue weighted by Gasteiger charge is -2.20. The molecule has 0 bridgehead atoms. The van der Waals surface area contributed by atoms with Gasteiger partial charge in [-0.1, -0.05) is 13.8 Å². The number of rotatable bonds is 6. The van der Waals surface area contributed by atoms with Crippen LogP contribution in [0.25, 0.3) is 0 Å². The van der Waals surface area contributed by atoms with Crippen LogP contribution in [0, 0.1) is 0 Å². The van der Waals surface area contributed by atoms with Crippen LogP contribution in [0.2, 0.25) is 0 Å². The van der Waals surface area contributed by atoms with Gasteiger partial charge >= 0.3 is 0 Å². The maximum atomic E-state index is 10.9. The van der Waals surface area contributed by atoms with Crippen molar-refractivity contribution in [1.29, 1.82) is 0 Å². The lowest BCUT2D eigenvalue weighted by molar-refractivity contribution is -0.122. The quantitative estimate of drug-likeness (QED) is 0.681. The molecule has 4 N–H and O–H groups in total. The summed E-state index contributed by atoms with van der Waals surface area (Å²) < 4.78 is 0. The van der Waals surface area contributed by atoms with Gasteiger partial charge in [0.2, 0.25) is 5.91 Å². The van der Waals surface area contributed by atoms with Gasteiger partial charge < -0.3 is 11.5 Å². The van der Waals surface area contributed by atoms with Crippen LogP contribution in [0.3, 0.4) is 0 Å². The molecule has 0 aromatic rings. The van der Waals surface area contributed by atoms with Gasteiger partial charge in [0.25, 0.3) is 0 Å². The number of hydrogen-bond acceptors (Lipinski definition) is 3. The molecule has 4 heteroatoms. The highest BCUT2D eigenvalue weighted by atomic mass is 32.2. The smallest absolute Gasteiger partial charge is 0.237 e. The summed E-state index contributed by atoms with van der Waals surface area (Å²) in [6, 6.07) is 0. The van der Waals surface area contributed by atoms with Crippen molar-refractivity contribution < 1.29 is 4.79 Å². The number of nitrogens with two attached hydrogens (primary N) is 2. The van der Waals surface area contributed by atoms with Gasteiger partial charge in [0.15, 0.2) is 0 Å². The molecule has 0 radical (unpaired) electrons. The molecule has 0 aliphatic carbocycles. The summed E-state index contributed by atoms with van der Waals surface area (Å²) in [5.74, 6) is 0.475. The van der Waals surface area contributed by atoms with E-state index >= 15 is 0 Å². The lowest BCUT2D eigenvalue weighted by atomic mass is 10.0. The van der Waals surface area contributed by atoms with E-state index in [1.807, 2.05) is 11.8 Å². The van der Waals surface area contributed by atoms with E-state index in [1.165, 1.54) is 0 Å². The Balaban J connectivity index is 3.70. The van der Waals surface area contributed by atoms with E-state index in [4.69, 9.17) is 11.5 Å². The van der Waals surface area contributed by atoms with Crippen molar-refractivity contribution in [3.63, 3.8) is 0 Å². The van der Waals surface area contributed by atoms with E-state index in [0.717, 1.165) is 12.2 Å². The lowest BCUT2D eigenvalue weighted by Crippen LogP contribution is -2.49. The van der Waals surface area contributed by atoms with Crippen LogP contribution in [0.4, 0.5) is 0 Å². The highest BCUT2D eigenvalue weighted by molar-refractivity contribution is 7.99. The number of thioether (sulfide) groups is 1. The Morgan fingerprint density at radius 3 is 2.54 bits per heavy atom. The van der Waals surface area contributed by atoms with Crippen molar-refractivity contribution in [2.24, 2.45) is 11.5 Å². The fraction of sp³-hybridized carbons (Fsp3) is 0.889. The summed E-state index contributed by atoms with van der Waals surface area (Å²) in [4.78, 5) is 10.9. The molecule has 0 aliphatic rings. The Morgan fingerprint density at radius 2 is 2.15 bits per heavy atom. The largest absolute Gasteiger partial charge is 0.368 e. The molecule has 0 aromatic carbocycles. The van der Waals surface area contributed by atoms with Gasteiger partial charge in [0.05, 0.1) is 5.54 Å². The number of carbonyl (C=O) groups excluding carboxylic acids is 1. The minimum absolute atomic E-state index is 0.419. The zero-order valence-electron chi connectivity index (χ0n) is 8.67. The fourth-order valence-electron chi connectivity index (χ4n) is 0.713. The van der Waals surface area contributed by atoms with Crippen LogP contribution >= 0.6 is 11.8 Å². The van der Waals surface area contributed by atoms with Crippen molar-refractivity contribution in [3.8, 4) is 0 Å². The Labute approximate surface area is 84.6 Å². The number of hydrogen-bond donors (Lipinski definition) is 2. The third-order valence-electron chi connectivity index (χ3n) is 2.16. The number of carbonyl (C=O) groups is 1. The fourth-order valence-corrected chi connectivity index (χ4v) is 1.89. The second-order valence-corrected chi connectivity index (χ2v) is 5.17. The summed E-state index contributed by atoms with van der Waals surface area (Å²) in [5, 5.41) is 0.628. The van der Waals surface area contributed by atoms with Crippen molar-refractivity contribution in [1.82, 2.24) is 0 Å². The summed E-state index contributed by atoms with van der Waals surface area (Å²) >= 11 is 1.83. The highest BCUT2D eigenvalue weighted by Gasteiger charge is 2.24. The number of primary amides is 1. The molecule has 2 atom stereocenters. The average molecular weight is 204 g/mol. The van der Waals surface area contributed by atoms with E-state index in [2.05, 4.69) is 13.8 Å². The topological polar surface area (TPSA) is 69.1 Å². The first-order chi connectivity index (χ1) is 5.90. The van der Waals surface area contributed by atoms with E-state index in [0.29, 0.717) is 11.7 Å². The predicted molar refractivity (Wildman–Crippen MR) is 58.6 cm³/mol. The van der Waals surface area contributed by atoms with E-state index < -0.39 is 11.4 Å². The zero-order valence-corrected chi connectivity index (χ0v) is 9.49. The second-order valence-electron chi connectivity index (χ2n) is 3.62. The highest BCUT2D eigenvalue weighted by Crippen LogP contribution is 2.17. The SMILES string of the molecule is CCC(C)SCCC(C)(N)C(N)=O. The molecule has 0 spiro atoms. The molecule has 1 amide bonds. The summed E-state index contributed by atoms with van der Waals surface area (Å²) in [6.07, 6.45) is 1.79. The number of amides is 1. The van der Waals surface area contributed by atoms with E-state index in [9.17, 15) is 4.79 Å². The molecule has 78 valence electrons. The molecule has 0 saturated heterocycles. The predicted octanol–water partition coefficient (Wildman–Crippen LogP) is 1.11. The van der Waals surface area contributed by atoms with Crippen molar-refractivity contribution in [2.45, 2.75) is 44.4 Å². The van der Waals surface area contributed by atoms with Crippen LogP contribution in [0.5, 0.6) is 0 Å². The molecule has 0 heterocycles. The monoisotopic (exact) mass is 204 g/mol. The van der Waals surface area contributed by atoms with Gasteiger partial charge in [-0.3, -0.25) is 4.79 Å². The maximum Gasteiger partial charge on any atom is 0.237 e. The minimum Gasteiger partial charge on any atom is -0.368 e. The van der Waals surface area contributed by atoms with Crippen molar-refractivity contribution >= 4 is 17.7 Å². The van der Waals surface area contributed by atoms with Crippen molar-refractivity contribution in [2.75, 3.05) is 5.75 Å². The zero-order chi connectivity index (χ0) is 10.5. The van der Waals surface area contributed by atoms with Crippen LogP contribution in [0.15, 0.2) is 0 Å². The normalized spacial score (nSPS) is 17.8. The molecule has 0 aliphatic heterocycles. The Kier molecular flexibility index (Phi) is 5.40. The average Bonchev–Trinajstić information content (AvgIpc) is 2.03. The summed E-state index contributed by atoms with van der Waals surface area (Å²) in [7, 11) is 0. The molecule has 13 heavy (non-hydrogen) atoms. The van der Waals surface area contributed by atoms with Crippen molar-refractivity contribution in [3.05, 3.63) is 0 Å². The van der Waals surface area contributed by atoms with Gasteiger partial charge in [-0.25, -0.2) is 0 Å². The Morgan fingerprint density at radius 1 is 1.62 bits per heavy atom. The van der Waals surface area contributed by atoms with Gasteiger partial charge in [-0.05, 0) is 25.5 Å². The summed E-state index contributed by atoms with van der Waals surface area (Å²) in [6.45, 7) is 6.00. The molecular weight excluding hydrogens is 184 g/mol. The standard InChI is InChI=1S/C9H20N2OS/c1-4-7(2)13-6-5-9(3,11)8(10)12/h7H,4-6,11H2,1-3H3,(H2,10,12). The van der Waals surface area contributed by atoms with Crippen LogP contribution in [-0.4, -0.2) is 22.4 Å². The van der Waals surface area contributed by atoms with E-state index in [1.54, 1.807) is 6.92 Å². The van der Waals surface area contributed by atoms with Crippen LogP contribution < -0.4 is 11.5 Å². The Hall–Kier alpha value is -0.220. The van der Waals surface area contributed by atoms with Gasteiger partial charge in [-0.2, -0.15) is 11.8 Å². The minimum atomic E-state index is -0.847. The molecular formula is C9H20N2OS. The maximum absolute atomic E-state index is 10.9. The molecule has 0 aromatic heterocycles. The molecule has 0 fully saturated rings. The third kappa shape index (κ3) is 5.16. The third-order valence-corrected chi connectivity index (χ3v) is 3.50. The van der Waals surface area contributed by atoms with Crippen LogP contribution in [-0.2, 0) is 4.79 Å². The van der Waals surface area contributed by atoms with Gasteiger partial charge in [0, 0.05) is 5.25 Å². The summed E-state index contributed by atoms with van der Waals surface area (Å²) in [5.41, 5.74) is 10.00. The first kappa shape index (κ1) is 12.8. The molecule has 2 unspecified atom stereocenters.